The molecular weight excluding hydrogens is 416 g/mol. The number of thioether (sulfide) groups is 1. The van der Waals surface area contributed by atoms with Gasteiger partial charge in [0.1, 0.15) is 18.1 Å². The molecule has 0 radical (unpaired) electrons. The average molecular weight is 433 g/mol. The van der Waals surface area contributed by atoms with Crippen LogP contribution in [0, 0.1) is 0 Å². The normalized spacial score (nSPS) is 11.1. The Labute approximate surface area is 175 Å². The van der Waals surface area contributed by atoms with Crippen molar-refractivity contribution in [3.05, 3.63) is 64.3 Å². The summed E-state index contributed by atoms with van der Waals surface area (Å²) in [7, 11) is 1.61. The van der Waals surface area contributed by atoms with E-state index < -0.39 is 0 Å². The Bertz CT molecular complexity index is 1110. The SMILES string of the molecule is COc1cccc(OCc2nnc(SCc3sc4ccccc4c3Cl)n2N)c1. The van der Waals surface area contributed by atoms with Gasteiger partial charge in [0.05, 0.1) is 12.1 Å². The molecule has 0 aliphatic rings. The van der Waals surface area contributed by atoms with Gasteiger partial charge in [0.2, 0.25) is 5.16 Å². The largest absolute Gasteiger partial charge is 0.497 e. The highest BCUT2D eigenvalue weighted by Crippen LogP contribution is 2.38. The molecule has 2 heterocycles. The van der Waals surface area contributed by atoms with Crippen LogP contribution in [0.3, 0.4) is 0 Å². The van der Waals surface area contributed by atoms with Gasteiger partial charge in [-0.3, -0.25) is 0 Å². The number of halogens is 1. The van der Waals surface area contributed by atoms with Crippen LogP contribution in [0.15, 0.2) is 53.7 Å². The van der Waals surface area contributed by atoms with Gasteiger partial charge in [-0.05, 0) is 18.2 Å². The highest BCUT2D eigenvalue weighted by atomic mass is 35.5. The zero-order valence-electron chi connectivity index (χ0n) is 15.0. The molecule has 9 heteroatoms. The van der Waals surface area contributed by atoms with Crippen molar-refractivity contribution in [3.8, 4) is 11.5 Å². The summed E-state index contributed by atoms with van der Waals surface area (Å²) >= 11 is 9.68. The number of aromatic nitrogens is 3. The van der Waals surface area contributed by atoms with Gasteiger partial charge in [0, 0.05) is 26.8 Å². The van der Waals surface area contributed by atoms with Gasteiger partial charge in [-0.1, -0.05) is 47.6 Å². The van der Waals surface area contributed by atoms with Crippen LogP contribution in [0.1, 0.15) is 10.7 Å². The molecule has 0 bridgehead atoms. The maximum atomic E-state index is 6.50. The third kappa shape index (κ3) is 3.89. The first-order valence-electron chi connectivity index (χ1n) is 8.40. The van der Waals surface area contributed by atoms with Crippen molar-refractivity contribution in [2.45, 2.75) is 17.5 Å². The molecule has 2 N–H and O–H groups in total. The van der Waals surface area contributed by atoms with Crippen LogP contribution in [0.2, 0.25) is 5.02 Å². The highest BCUT2D eigenvalue weighted by molar-refractivity contribution is 7.98. The van der Waals surface area contributed by atoms with E-state index in [1.807, 2.05) is 36.4 Å². The van der Waals surface area contributed by atoms with Gasteiger partial charge < -0.3 is 15.3 Å². The number of ether oxygens (including phenoxy) is 2. The lowest BCUT2D eigenvalue weighted by atomic mass is 10.2. The van der Waals surface area contributed by atoms with Crippen LogP contribution in [0.5, 0.6) is 11.5 Å². The molecule has 0 aliphatic carbocycles. The molecule has 2 aromatic carbocycles. The summed E-state index contributed by atoms with van der Waals surface area (Å²) < 4.78 is 13.5. The molecule has 0 spiro atoms. The number of nitrogen functional groups attached to an aromatic ring is 1. The smallest absolute Gasteiger partial charge is 0.210 e. The molecule has 4 rings (SSSR count). The molecule has 0 fully saturated rings. The number of nitrogens with two attached hydrogens (primary N) is 1. The molecule has 0 unspecified atom stereocenters. The summed E-state index contributed by atoms with van der Waals surface area (Å²) in [5.74, 6) is 8.74. The van der Waals surface area contributed by atoms with Gasteiger partial charge in [-0.25, -0.2) is 4.68 Å². The zero-order chi connectivity index (χ0) is 19.5. The Morgan fingerprint density at radius 2 is 1.96 bits per heavy atom. The zero-order valence-corrected chi connectivity index (χ0v) is 17.4. The quantitative estimate of drug-likeness (QED) is 0.336. The van der Waals surface area contributed by atoms with E-state index in [1.165, 1.54) is 21.1 Å². The number of fused-ring (bicyclic) bond motifs is 1. The molecular formula is C19H17ClN4O2S2. The van der Waals surface area contributed by atoms with Crippen molar-refractivity contribution in [3.63, 3.8) is 0 Å². The fourth-order valence-electron chi connectivity index (χ4n) is 2.63. The van der Waals surface area contributed by atoms with Crippen LogP contribution in [0.25, 0.3) is 10.1 Å². The van der Waals surface area contributed by atoms with E-state index in [0.717, 1.165) is 21.0 Å². The molecule has 0 saturated carbocycles. The predicted molar refractivity (Wildman–Crippen MR) is 114 cm³/mol. The van der Waals surface area contributed by atoms with Crippen molar-refractivity contribution >= 4 is 44.8 Å². The fourth-order valence-corrected chi connectivity index (χ4v) is 5.16. The predicted octanol–water partition coefficient (Wildman–Crippen LogP) is 4.74. The van der Waals surface area contributed by atoms with Crippen LogP contribution >= 0.6 is 34.7 Å². The minimum absolute atomic E-state index is 0.209. The van der Waals surface area contributed by atoms with Crippen molar-refractivity contribution in [1.29, 1.82) is 0 Å². The van der Waals surface area contributed by atoms with Crippen molar-refractivity contribution in [1.82, 2.24) is 14.9 Å². The van der Waals surface area contributed by atoms with Gasteiger partial charge in [-0.15, -0.1) is 21.5 Å². The van der Waals surface area contributed by atoms with E-state index in [9.17, 15) is 0 Å². The number of hydrogen-bond donors (Lipinski definition) is 1. The first-order valence-corrected chi connectivity index (χ1v) is 10.6. The van der Waals surface area contributed by atoms with E-state index in [0.29, 0.717) is 22.5 Å². The number of thiophene rings is 1. The number of benzene rings is 2. The van der Waals surface area contributed by atoms with E-state index in [4.69, 9.17) is 26.9 Å². The number of nitrogens with zero attached hydrogens (tertiary/aromatic N) is 3. The highest BCUT2D eigenvalue weighted by Gasteiger charge is 2.14. The van der Waals surface area contributed by atoms with Gasteiger partial charge in [0.25, 0.3) is 0 Å². The molecule has 144 valence electrons. The molecule has 4 aromatic rings. The topological polar surface area (TPSA) is 75.2 Å². The monoisotopic (exact) mass is 432 g/mol. The summed E-state index contributed by atoms with van der Waals surface area (Å²) in [4.78, 5) is 1.09. The standard InChI is InChI=1S/C19H17ClN4O2S2/c1-25-12-5-4-6-13(9-12)26-10-17-22-23-19(24(17)21)27-11-16-18(20)14-7-2-3-8-15(14)28-16/h2-9H,10-11,21H2,1H3. The van der Waals surface area contributed by atoms with Crippen LogP contribution in [-0.4, -0.2) is 22.0 Å². The van der Waals surface area contributed by atoms with E-state index in [-0.39, 0.29) is 6.61 Å². The van der Waals surface area contributed by atoms with Gasteiger partial charge in [-0.2, -0.15) is 0 Å². The maximum absolute atomic E-state index is 6.50. The van der Waals surface area contributed by atoms with E-state index in [2.05, 4.69) is 16.3 Å². The van der Waals surface area contributed by atoms with Crippen molar-refractivity contribution in [2.75, 3.05) is 13.0 Å². The second-order valence-electron chi connectivity index (χ2n) is 5.86. The number of rotatable bonds is 7. The van der Waals surface area contributed by atoms with Gasteiger partial charge >= 0.3 is 0 Å². The molecule has 28 heavy (non-hydrogen) atoms. The second-order valence-corrected chi connectivity index (χ2v) is 8.32. The van der Waals surface area contributed by atoms with Gasteiger partial charge in [0.15, 0.2) is 5.82 Å². The Morgan fingerprint density at radius 3 is 2.79 bits per heavy atom. The molecule has 6 nitrogen and oxygen atoms in total. The lowest BCUT2D eigenvalue weighted by Gasteiger charge is -2.07. The molecule has 0 saturated heterocycles. The fraction of sp³-hybridized carbons (Fsp3) is 0.158. The second kappa shape index (κ2) is 8.30. The van der Waals surface area contributed by atoms with Crippen molar-refractivity contribution in [2.24, 2.45) is 0 Å². The molecule has 2 aromatic heterocycles. The van der Waals surface area contributed by atoms with Crippen LogP contribution in [-0.2, 0) is 12.4 Å². The Balaban J connectivity index is 1.42. The van der Waals surface area contributed by atoms with E-state index >= 15 is 0 Å². The lowest BCUT2D eigenvalue weighted by molar-refractivity contribution is 0.289. The number of hydrogen-bond acceptors (Lipinski definition) is 7. The minimum Gasteiger partial charge on any atom is -0.497 e. The minimum atomic E-state index is 0.209. The molecule has 0 atom stereocenters. The molecule has 0 aliphatic heterocycles. The summed E-state index contributed by atoms with van der Waals surface area (Å²) in [6, 6.07) is 15.5. The first-order chi connectivity index (χ1) is 13.7. The van der Waals surface area contributed by atoms with Crippen LogP contribution in [0.4, 0.5) is 0 Å². The average Bonchev–Trinajstić information content (AvgIpc) is 3.24. The Hall–Kier alpha value is -2.42. The molecule has 0 amide bonds. The summed E-state index contributed by atoms with van der Waals surface area (Å²) in [6.45, 7) is 0.209. The Morgan fingerprint density at radius 1 is 1.14 bits per heavy atom. The van der Waals surface area contributed by atoms with Crippen LogP contribution < -0.4 is 15.3 Å². The van der Waals surface area contributed by atoms with Crippen molar-refractivity contribution < 1.29 is 9.47 Å². The summed E-state index contributed by atoms with van der Waals surface area (Å²) in [5, 5.41) is 10.8. The third-order valence-electron chi connectivity index (χ3n) is 4.08. The summed E-state index contributed by atoms with van der Waals surface area (Å²) in [6.07, 6.45) is 0. The lowest BCUT2D eigenvalue weighted by Crippen LogP contribution is -2.15. The number of methoxy groups -OCH3 is 1. The first kappa shape index (κ1) is 18.9. The maximum Gasteiger partial charge on any atom is 0.210 e. The third-order valence-corrected chi connectivity index (χ3v) is 6.94. The van der Waals surface area contributed by atoms with E-state index in [1.54, 1.807) is 24.5 Å². The summed E-state index contributed by atoms with van der Waals surface area (Å²) in [5.41, 5.74) is 0. The Kier molecular flexibility index (Phi) is 5.61.